The van der Waals surface area contributed by atoms with Crippen molar-refractivity contribution >= 4 is 17.2 Å². The van der Waals surface area contributed by atoms with Crippen LogP contribution in [0.2, 0.25) is 0 Å². The molecule has 0 radical (unpaired) electrons. The number of benzene rings is 1. The van der Waals surface area contributed by atoms with Gasteiger partial charge in [-0.25, -0.2) is 0 Å². The third-order valence-electron chi connectivity index (χ3n) is 3.92. The number of rotatable bonds is 7. The Morgan fingerprint density at radius 2 is 2.04 bits per heavy atom. The number of methoxy groups -OCH3 is 1. The Hall–Kier alpha value is -3.06. The molecule has 3 aromatic rings. The van der Waals surface area contributed by atoms with E-state index in [1.807, 2.05) is 30.5 Å². The molecule has 27 heavy (non-hydrogen) atoms. The standard InChI is InChI=1S/C20H20N2O4S/c1-3-26-16-9-6-13(11-17(16)25-2)12-21-19(23)14-7-8-15(22-20(14)24)18-5-4-10-27-18/h4-11H,3,12H2,1-2H3,(H,21,23)(H,22,24). The summed E-state index contributed by atoms with van der Waals surface area (Å²) in [5.74, 6) is 0.819. The molecule has 1 aromatic carbocycles. The second-order valence-corrected chi connectivity index (χ2v) is 6.64. The summed E-state index contributed by atoms with van der Waals surface area (Å²) in [6.07, 6.45) is 0. The number of carbonyl (C=O) groups is 1. The highest BCUT2D eigenvalue weighted by atomic mass is 32.1. The van der Waals surface area contributed by atoms with Gasteiger partial charge in [0, 0.05) is 6.54 Å². The molecule has 0 saturated heterocycles. The van der Waals surface area contributed by atoms with E-state index in [4.69, 9.17) is 9.47 Å². The molecule has 7 heteroatoms. The van der Waals surface area contributed by atoms with Gasteiger partial charge in [-0.3, -0.25) is 9.59 Å². The largest absolute Gasteiger partial charge is 0.493 e. The summed E-state index contributed by atoms with van der Waals surface area (Å²) < 4.78 is 10.8. The van der Waals surface area contributed by atoms with E-state index >= 15 is 0 Å². The fraction of sp³-hybridized carbons (Fsp3) is 0.200. The molecule has 3 rings (SSSR count). The van der Waals surface area contributed by atoms with Gasteiger partial charge in [-0.2, -0.15) is 0 Å². The first-order chi connectivity index (χ1) is 13.1. The van der Waals surface area contributed by atoms with Crippen LogP contribution in [0.1, 0.15) is 22.8 Å². The van der Waals surface area contributed by atoms with Crippen LogP contribution in [-0.4, -0.2) is 24.6 Å². The molecule has 0 aliphatic rings. The van der Waals surface area contributed by atoms with Crippen LogP contribution in [-0.2, 0) is 6.54 Å². The molecule has 0 aliphatic carbocycles. The molecule has 1 amide bonds. The van der Waals surface area contributed by atoms with E-state index in [-0.39, 0.29) is 12.1 Å². The summed E-state index contributed by atoms with van der Waals surface area (Å²) in [5.41, 5.74) is 1.20. The van der Waals surface area contributed by atoms with Gasteiger partial charge in [-0.05, 0) is 48.2 Å². The number of aromatic nitrogens is 1. The molecule has 0 fully saturated rings. The lowest BCUT2D eigenvalue weighted by Crippen LogP contribution is -2.29. The van der Waals surface area contributed by atoms with Gasteiger partial charge in [0.2, 0.25) is 0 Å². The molecule has 2 heterocycles. The Kier molecular flexibility index (Phi) is 5.93. The van der Waals surface area contributed by atoms with E-state index < -0.39 is 11.5 Å². The van der Waals surface area contributed by atoms with E-state index in [9.17, 15) is 9.59 Å². The minimum absolute atomic E-state index is 0.0770. The van der Waals surface area contributed by atoms with Gasteiger partial charge in [-0.1, -0.05) is 12.1 Å². The van der Waals surface area contributed by atoms with Gasteiger partial charge in [0.1, 0.15) is 5.56 Å². The highest BCUT2D eigenvalue weighted by Crippen LogP contribution is 2.28. The molecular formula is C20H20N2O4S. The zero-order valence-electron chi connectivity index (χ0n) is 15.1. The summed E-state index contributed by atoms with van der Waals surface area (Å²) in [4.78, 5) is 28.3. The normalized spacial score (nSPS) is 10.4. The summed E-state index contributed by atoms with van der Waals surface area (Å²) in [6.45, 7) is 2.71. The molecule has 0 spiro atoms. The quantitative estimate of drug-likeness (QED) is 0.654. The zero-order valence-corrected chi connectivity index (χ0v) is 15.9. The van der Waals surface area contributed by atoms with Crippen molar-refractivity contribution in [2.24, 2.45) is 0 Å². The lowest BCUT2D eigenvalue weighted by Gasteiger charge is -2.11. The van der Waals surface area contributed by atoms with Gasteiger partial charge < -0.3 is 19.8 Å². The number of ether oxygens (including phenoxy) is 2. The fourth-order valence-corrected chi connectivity index (χ4v) is 3.31. The highest BCUT2D eigenvalue weighted by Gasteiger charge is 2.12. The predicted octanol–water partition coefficient (Wildman–Crippen LogP) is 3.44. The number of amides is 1. The van der Waals surface area contributed by atoms with E-state index in [2.05, 4.69) is 10.3 Å². The van der Waals surface area contributed by atoms with Gasteiger partial charge in [0.25, 0.3) is 11.5 Å². The lowest BCUT2D eigenvalue weighted by atomic mass is 10.2. The minimum Gasteiger partial charge on any atom is -0.493 e. The van der Waals surface area contributed by atoms with Crippen molar-refractivity contribution in [3.05, 3.63) is 69.3 Å². The first-order valence-corrected chi connectivity index (χ1v) is 9.35. The number of pyridine rings is 1. The SMILES string of the molecule is CCOc1ccc(CNC(=O)c2ccc(-c3cccs3)[nH]c2=O)cc1OC. The smallest absolute Gasteiger partial charge is 0.261 e. The average molecular weight is 384 g/mol. The monoisotopic (exact) mass is 384 g/mol. The predicted molar refractivity (Wildman–Crippen MR) is 106 cm³/mol. The lowest BCUT2D eigenvalue weighted by molar-refractivity contribution is 0.0949. The third-order valence-corrected chi connectivity index (χ3v) is 4.82. The summed E-state index contributed by atoms with van der Waals surface area (Å²) in [7, 11) is 1.56. The maximum Gasteiger partial charge on any atom is 0.261 e. The number of nitrogens with one attached hydrogen (secondary N) is 2. The molecule has 0 unspecified atom stereocenters. The highest BCUT2D eigenvalue weighted by molar-refractivity contribution is 7.13. The third kappa shape index (κ3) is 4.38. The topological polar surface area (TPSA) is 80.4 Å². The van der Waals surface area contributed by atoms with E-state index in [0.717, 1.165) is 10.4 Å². The van der Waals surface area contributed by atoms with Crippen LogP contribution < -0.4 is 20.3 Å². The summed E-state index contributed by atoms with van der Waals surface area (Å²) in [5, 5.41) is 4.69. The van der Waals surface area contributed by atoms with Crippen LogP contribution >= 0.6 is 11.3 Å². The molecule has 2 aromatic heterocycles. The number of hydrogen-bond donors (Lipinski definition) is 2. The summed E-state index contributed by atoms with van der Waals surface area (Å²) in [6, 6.07) is 12.5. The maximum atomic E-state index is 12.4. The molecule has 140 valence electrons. The molecule has 0 saturated carbocycles. The number of aromatic amines is 1. The van der Waals surface area contributed by atoms with E-state index in [1.165, 1.54) is 11.3 Å². The first-order valence-electron chi connectivity index (χ1n) is 8.47. The second kappa shape index (κ2) is 8.55. The molecule has 0 bridgehead atoms. The van der Waals surface area contributed by atoms with Crippen molar-refractivity contribution in [1.82, 2.24) is 10.3 Å². The average Bonchev–Trinajstić information content (AvgIpc) is 3.22. The van der Waals surface area contributed by atoms with E-state index in [0.29, 0.717) is 23.8 Å². The van der Waals surface area contributed by atoms with Gasteiger partial charge in [-0.15, -0.1) is 11.3 Å². The zero-order chi connectivity index (χ0) is 19.2. The van der Waals surface area contributed by atoms with Crippen LogP contribution in [0.15, 0.2) is 52.6 Å². The van der Waals surface area contributed by atoms with Crippen LogP contribution in [0.4, 0.5) is 0 Å². The Morgan fingerprint density at radius 1 is 1.19 bits per heavy atom. The number of carbonyl (C=O) groups excluding carboxylic acids is 1. The van der Waals surface area contributed by atoms with Crippen molar-refractivity contribution in [3.63, 3.8) is 0 Å². The van der Waals surface area contributed by atoms with Gasteiger partial charge in [0.05, 0.1) is 24.3 Å². The Morgan fingerprint density at radius 3 is 2.70 bits per heavy atom. The van der Waals surface area contributed by atoms with Crippen LogP contribution in [0.5, 0.6) is 11.5 Å². The molecule has 0 atom stereocenters. The van der Waals surface area contributed by atoms with Crippen molar-refractivity contribution in [3.8, 4) is 22.1 Å². The summed E-state index contributed by atoms with van der Waals surface area (Å²) >= 11 is 1.52. The minimum atomic E-state index is -0.429. The van der Waals surface area contributed by atoms with Gasteiger partial charge >= 0.3 is 0 Å². The Labute approximate surface area is 160 Å². The van der Waals surface area contributed by atoms with Crippen molar-refractivity contribution < 1.29 is 14.3 Å². The molecular weight excluding hydrogens is 364 g/mol. The van der Waals surface area contributed by atoms with Crippen molar-refractivity contribution in [1.29, 1.82) is 0 Å². The molecule has 0 aliphatic heterocycles. The first kappa shape index (κ1) is 18.7. The molecule has 6 nitrogen and oxygen atoms in total. The second-order valence-electron chi connectivity index (χ2n) is 5.69. The Balaban J connectivity index is 1.70. The van der Waals surface area contributed by atoms with Crippen LogP contribution in [0, 0.1) is 0 Å². The fourth-order valence-electron chi connectivity index (χ4n) is 2.60. The number of thiophene rings is 1. The van der Waals surface area contributed by atoms with Crippen molar-refractivity contribution in [2.45, 2.75) is 13.5 Å². The maximum absolute atomic E-state index is 12.4. The Bertz CT molecular complexity index is 980. The van der Waals surface area contributed by atoms with Gasteiger partial charge in [0.15, 0.2) is 11.5 Å². The molecule has 2 N–H and O–H groups in total. The number of hydrogen-bond acceptors (Lipinski definition) is 5. The van der Waals surface area contributed by atoms with Crippen LogP contribution in [0.3, 0.4) is 0 Å². The number of H-pyrrole nitrogens is 1. The van der Waals surface area contributed by atoms with Crippen LogP contribution in [0.25, 0.3) is 10.6 Å². The van der Waals surface area contributed by atoms with Crippen molar-refractivity contribution in [2.75, 3.05) is 13.7 Å². The van der Waals surface area contributed by atoms with E-state index in [1.54, 1.807) is 31.4 Å².